The Morgan fingerprint density at radius 3 is 2.47 bits per heavy atom. The van der Waals surface area contributed by atoms with E-state index in [-0.39, 0.29) is 12.5 Å². The molecule has 0 unspecified atom stereocenters. The highest BCUT2D eigenvalue weighted by atomic mass is 16.5. The number of fused-ring (bicyclic) bond motifs is 1. The second kappa shape index (κ2) is 10.2. The van der Waals surface area contributed by atoms with Crippen LogP contribution in [0.3, 0.4) is 0 Å². The minimum Gasteiger partial charge on any atom is -0.496 e. The Labute approximate surface area is 198 Å². The average molecular weight is 462 g/mol. The Morgan fingerprint density at radius 1 is 0.971 bits per heavy atom. The van der Waals surface area contributed by atoms with Gasteiger partial charge in [-0.1, -0.05) is 12.1 Å². The maximum absolute atomic E-state index is 12.8. The molecule has 0 fully saturated rings. The van der Waals surface area contributed by atoms with Crippen molar-refractivity contribution in [1.82, 2.24) is 14.7 Å². The summed E-state index contributed by atoms with van der Waals surface area (Å²) >= 11 is 0. The van der Waals surface area contributed by atoms with Gasteiger partial charge in [-0.05, 0) is 42.8 Å². The van der Waals surface area contributed by atoms with E-state index in [4.69, 9.17) is 18.9 Å². The Bertz CT molecular complexity index is 1320. The van der Waals surface area contributed by atoms with Crippen LogP contribution in [0.15, 0.2) is 60.9 Å². The summed E-state index contributed by atoms with van der Waals surface area (Å²) < 4.78 is 24.0. The summed E-state index contributed by atoms with van der Waals surface area (Å²) in [6, 6.07) is 14.6. The van der Waals surface area contributed by atoms with Crippen LogP contribution in [-0.4, -0.2) is 36.6 Å². The highest BCUT2D eigenvalue weighted by molar-refractivity contribution is 5.94. The van der Waals surface area contributed by atoms with Gasteiger partial charge in [0, 0.05) is 36.1 Å². The van der Waals surface area contributed by atoms with Gasteiger partial charge in [0.15, 0.2) is 11.5 Å². The number of nitrogens with one attached hydrogen (secondary N) is 1. The standard InChI is InChI=1S/C26H27N3O5/c1-17-7-6-10-29-15-20(28-25(17)29)16-34-21-9-5-8-18(11-21)26(30)27-14-19-12-23(32-3)24(33-4)13-22(19)31-2/h5-13,15H,14,16H2,1-4H3,(H,27,30). The largest absolute Gasteiger partial charge is 0.496 e. The summed E-state index contributed by atoms with van der Waals surface area (Å²) in [6.45, 7) is 2.58. The SMILES string of the molecule is COc1cc(OC)c(OC)cc1CNC(=O)c1cccc(OCc2cn3cccc(C)c3n2)c1. The van der Waals surface area contributed by atoms with Crippen molar-refractivity contribution < 1.29 is 23.7 Å². The lowest BCUT2D eigenvalue weighted by Crippen LogP contribution is -2.23. The molecule has 0 bridgehead atoms. The van der Waals surface area contributed by atoms with E-state index < -0.39 is 0 Å². The van der Waals surface area contributed by atoms with E-state index in [9.17, 15) is 4.79 Å². The number of ether oxygens (including phenoxy) is 4. The Kier molecular flexibility index (Phi) is 6.87. The van der Waals surface area contributed by atoms with E-state index in [1.54, 1.807) is 51.7 Å². The molecule has 176 valence electrons. The molecule has 0 aliphatic heterocycles. The molecule has 0 radical (unpaired) electrons. The second-order valence-corrected chi connectivity index (χ2v) is 7.67. The van der Waals surface area contributed by atoms with Gasteiger partial charge in [0.1, 0.15) is 23.8 Å². The van der Waals surface area contributed by atoms with Crippen LogP contribution in [0.5, 0.6) is 23.0 Å². The zero-order valence-corrected chi connectivity index (χ0v) is 19.6. The van der Waals surface area contributed by atoms with E-state index in [2.05, 4.69) is 10.3 Å². The molecule has 0 saturated carbocycles. The molecule has 2 aromatic carbocycles. The first-order chi connectivity index (χ1) is 16.5. The van der Waals surface area contributed by atoms with Crippen molar-refractivity contribution in [2.45, 2.75) is 20.1 Å². The van der Waals surface area contributed by atoms with E-state index in [1.165, 1.54) is 0 Å². The van der Waals surface area contributed by atoms with Gasteiger partial charge in [-0.2, -0.15) is 0 Å². The van der Waals surface area contributed by atoms with E-state index in [1.807, 2.05) is 41.9 Å². The molecule has 8 heteroatoms. The van der Waals surface area contributed by atoms with Crippen molar-refractivity contribution in [1.29, 1.82) is 0 Å². The Hall–Kier alpha value is -4.20. The van der Waals surface area contributed by atoms with Crippen LogP contribution >= 0.6 is 0 Å². The molecule has 0 saturated heterocycles. The fourth-order valence-electron chi connectivity index (χ4n) is 3.67. The minimum atomic E-state index is -0.231. The first-order valence-corrected chi connectivity index (χ1v) is 10.8. The number of rotatable bonds is 9. The third-order valence-electron chi connectivity index (χ3n) is 5.44. The maximum atomic E-state index is 12.8. The minimum absolute atomic E-state index is 0.231. The molecule has 0 atom stereocenters. The molecule has 0 aliphatic rings. The van der Waals surface area contributed by atoms with Gasteiger partial charge in [-0.25, -0.2) is 4.98 Å². The van der Waals surface area contributed by atoms with Crippen LogP contribution < -0.4 is 24.3 Å². The number of pyridine rings is 1. The Morgan fingerprint density at radius 2 is 1.74 bits per heavy atom. The lowest BCUT2D eigenvalue weighted by molar-refractivity contribution is 0.0950. The molecular weight excluding hydrogens is 434 g/mol. The van der Waals surface area contributed by atoms with Gasteiger partial charge >= 0.3 is 0 Å². The quantitative estimate of drug-likeness (QED) is 0.403. The van der Waals surface area contributed by atoms with Crippen molar-refractivity contribution >= 4 is 11.6 Å². The number of aromatic nitrogens is 2. The molecule has 0 spiro atoms. The number of imidazole rings is 1. The maximum Gasteiger partial charge on any atom is 0.251 e. The van der Waals surface area contributed by atoms with Gasteiger partial charge in [0.2, 0.25) is 0 Å². The molecule has 2 aromatic heterocycles. The van der Waals surface area contributed by atoms with Crippen LogP contribution in [0.2, 0.25) is 0 Å². The molecule has 4 aromatic rings. The van der Waals surface area contributed by atoms with Gasteiger partial charge in [-0.15, -0.1) is 0 Å². The fourth-order valence-corrected chi connectivity index (χ4v) is 3.67. The summed E-state index contributed by atoms with van der Waals surface area (Å²) in [7, 11) is 4.69. The van der Waals surface area contributed by atoms with Crippen LogP contribution in [0.1, 0.15) is 27.2 Å². The number of benzene rings is 2. The fraction of sp³-hybridized carbons (Fsp3) is 0.231. The van der Waals surface area contributed by atoms with Gasteiger partial charge in [-0.3, -0.25) is 4.79 Å². The molecule has 4 rings (SSSR count). The summed E-state index contributed by atoms with van der Waals surface area (Å²) in [5.74, 6) is 2.07. The monoisotopic (exact) mass is 461 g/mol. The highest BCUT2D eigenvalue weighted by Gasteiger charge is 2.14. The Balaban J connectivity index is 1.42. The number of nitrogens with zero attached hydrogens (tertiary/aromatic N) is 2. The molecule has 1 amide bonds. The topological polar surface area (TPSA) is 83.3 Å². The molecular formula is C26H27N3O5. The lowest BCUT2D eigenvalue weighted by atomic mass is 10.1. The molecule has 1 N–H and O–H groups in total. The predicted octanol–water partition coefficient (Wildman–Crippen LogP) is 4.18. The van der Waals surface area contributed by atoms with Crippen LogP contribution in [0.25, 0.3) is 5.65 Å². The zero-order valence-electron chi connectivity index (χ0n) is 19.6. The number of amides is 1. The van der Waals surface area contributed by atoms with Crippen molar-refractivity contribution in [3.63, 3.8) is 0 Å². The van der Waals surface area contributed by atoms with Gasteiger partial charge in [0.25, 0.3) is 5.91 Å². The number of carbonyl (C=O) groups is 1. The highest BCUT2D eigenvalue weighted by Crippen LogP contribution is 2.34. The van der Waals surface area contributed by atoms with Crippen LogP contribution in [0, 0.1) is 6.92 Å². The number of hydrogen-bond acceptors (Lipinski definition) is 6. The lowest BCUT2D eigenvalue weighted by Gasteiger charge is -2.14. The van der Waals surface area contributed by atoms with E-state index in [0.29, 0.717) is 35.2 Å². The smallest absolute Gasteiger partial charge is 0.251 e. The van der Waals surface area contributed by atoms with Crippen molar-refractivity contribution in [3.05, 3.63) is 83.3 Å². The first-order valence-electron chi connectivity index (χ1n) is 10.8. The van der Waals surface area contributed by atoms with Gasteiger partial charge in [0.05, 0.1) is 27.0 Å². The second-order valence-electron chi connectivity index (χ2n) is 7.67. The molecule has 2 heterocycles. The van der Waals surface area contributed by atoms with E-state index in [0.717, 1.165) is 22.5 Å². The number of methoxy groups -OCH3 is 3. The van der Waals surface area contributed by atoms with Crippen molar-refractivity contribution in [2.75, 3.05) is 21.3 Å². The summed E-state index contributed by atoms with van der Waals surface area (Å²) in [5, 5.41) is 2.92. The number of aryl methyl sites for hydroxylation is 1. The van der Waals surface area contributed by atoms with Crippen LogP contribution in [0.4, 0.5) is 0 Å². The van der Waals surface area contributed by atoms with Crippen molar-refractivity contribution in [3.8, 4) is 23.0 Å². The summed E-state index contributed by atoms with van der Waals surface area (Å²) in [6.07, 6.45) is 3.90. The third kappa shape index (κ3) is 4.91. The molecule has 8 nitrogen and oxygen atoms in total. The average Bonchev–Trinajstić information content (AvgIpc) is 3.30. The first kappa shape index (κ1) is 23.0. The van der Waals surface area contributed by atoms with Gasteiger partial charge < -0.3 is 28.7 Å². The molecule has 0 aliphatic carbocycles. The van der Waals surface area contributed by atoms with Crippen molar-refractivity contribution in [2.24, 2.45) is 0 Å². The zero-order chi connectivity index (χ0) is 24.1. The van der Waals surface area contributed by atoms with Crippen LogP contribution in [-0.2, 0) is 13.2 Å². The van der Waals surface area contributed by atoms with E-state index >= 15 is 0 Å². The summed E-state index contributed by atoms with van der Waals surface area (Å²) in [5.41, 5.74) is 4.06. The summed E-state index contributed by atoms with van der Waals surface area (Å²) in [4.78, 5) is 17.4. The normalized spacial score (nSPS) is 10.7. The predicted molar refractivity (Wildman–Crippen MR) is 128 cm³/mol. The third-order valence-corrected chi connectivity index (χ3v) is 5.44. The number of carbonyl (C=O) groups excluding carboxylic acids is 1. The number of hydrogen-bond donors (Lipinski definition) is 1. The molecule has 34 heavy (non-hydrogen) atoms.